The van der Waals surface area contributed by atoms with Gasteiger partial charge >= 0.3 is 5.97 Å². The number of anilines is 1. The zero-order chi connectivity index (χ0) is 24.5. The van der Waals surface area contributed by atoms with Gasteiger partial charge in [0.2, 0.25) is 0 Å². The molecule has 4 rings (SSSR count). The molecule has 1 amide bonds. The molecule has 0 unspecified atom stereocenters. The summed E-state index contributed by atoms with van der Waals surface area (Å²) < 4.78 is 33.4. The minimum atomic E-state index is -3.72. The fourth-order valence-corrected chi connectivity index (χ4v) is 4.62. The van der Waals surface area contributed by atoms with Gasteiger partial charge in [0, 0.05) is 11.6 Å². The first-order valence-corrected chi connectivity index (χ1v) is 11.9. The molecule has 0 fully saturated rings. The van der Waals surface area contributed by atoms with E-state index in [4.69, 9.17) is 4.74 Å². The molecule has 34 heavy (non-hydrogen) atoms. The summed E-state index contributed by atoms with van der Waals surface area (Å²) in [5, 5.41) is 7.09. The van der Waals surface area contributed by atoms with Gasteiger partial charge in [-0.2, -0.15) is 5.10 Å². The molecule has 1 atom stereocenters. The van der Waals surface area contributed by atoms with Gasteiger partial charge in [-0.25, -0.2) is 17.9 Å². The minimum absolute atomic E-state index is 0.0574. The molecule has 0 saturated carbocycles. The second kappa shape index (κ2) is 9.10. The molecule has 2 aromatic carbocycles. The average molecular weight is 482 g/mol. The summed E-state index contributed by atoms with van der Waals surface area (Å²) in [6.07, 6.45) is 0. The molecule has 2 N–H and O–H groups in total. The number of amidine groups is 1. The summed E-state index contributed by atoms with van der Waals surface area (Å²) in [6, 6.07) is 14.6. The Balaban J connectivity index is 1.39. The summed E-state index contributed by atoms with van der Waals surface area (Å²) in [5.41, 5.74) is 2.95. The van der Waals surface area contributed by atoms with Crippen LogP contribution in [0, 0.1) is 13.8 Å². The summed E-state index contributed by atoms with van der Waals surface area (Å²) in [7, 11) is -3.72. The minimum Gasteiger partial charge on any atom is -0.454 e. The van der Waals surface area contributed by atoms with Crippen LogP contribution in [0.4, 0.5) is 5.82 Å². The lowest BCUT2D eigenvalue weighted by Gasteiger charge is -2.11. The molecular weight excluding hydrogens is 458 g/mol. The van der Waals surface area contributed by atoms with Crippen LogP contribution in [0.5, 0.6) is 0 Å². The van der Waals surface area contributed by atoms with Gasteiger partial charge in [0.1, 0.15) is 17.7 Å². The highest BCUT2D eigenvalue weighted by atomic mass is 32.2. The highest BCUT2D eigenvalue weighted by molar-refractivity contribution is 7.90. The van der Waals surface area contributed by atoms with Gasteiger partial charge in [0.15, 0.2) is 6.61 Å². The molecule has 1 aromatic heterocycles. The third-order valence-electron chi connectivity index (χ3n) is 5.05. The lowest BCUT2D eigenvalue weighted by molar-refractivity contribution is -0.148. The highest BCUT2D eigenvalue weighted by Crippen LogP contribution is 2.22. The van der Waals surface area contributed by atoms with Gasteiger partial charge in [-0.15, -0.1) is 0 Å². The van der Waals surface area contributed by atoms with Crippen LogP contribution in [0.1, 0.15) is 23.7 Å². The molecule has 0 saturated heterocycles. The molecule has 3 aromatic rings. The van der Waals surface area contributed by atoms with Crippen LogP contribution < -0.4 is 10.0 Å². The number of ether oxygens (including phenoxy) is 1. The summed E-state index contributed by atoms with van der Waals surface area (Å²) in [5.74, 6) is -0.822. The zero-order valence-electron chi connectivity index (χ0n) is 18.8. The average Bonchev–Trinajstić information content (AvgIpc) is 3.28. The molecule has 1 aliphatic rings. The second-order valence-electron chi connectivity index (χ2n) is 7.83. The maximum atomic E-state index is 12.4. The van der Waals surface area contributed by atoms with Crippen molar-refractivity contribution in [2.45, 2.75) is 31.7 Å². The van der Waals surface area contributed by atoms with Crippen molar-refractivity contribution in [3.63, 3.8) is 0 Å². The van der Waals surface area contributed by atoms with E-state index in [1.807, 2.05) is 31.2 Å². The maximum Gasteiger partial charge on any atom is 0.331 e. The van der Waals surface area contributed by atoms with Crippen LogP contribution in [-0.2, 0) is 24.3 Å². The van der Waals surface area contributed by atoms with Crippen LogP contribution in [0.2, 0.25) is 0 Å². The summed E-state index contributed by atoms with van der Waals surface area (Å²) >= 11 is 0. The van der Waals surface area contributed by atoms with Crippen LogP contribution in [0.25, 0.3) is 5.69 Å². The number of aromatic nitrogens is 2. The van der Waals surface area contributed by atoms with Crippen molar-refractivity contribution >= 4 is 33.6 Å². The zero-order valence-corrected chi connectivity index (χ0v) is 19.6. The number of nitrogens with one attached hydrogen (secondary N) is 2. The topological polar surface area (TPSA) is 132 Å². The van der Waals surface area contributed by atoms with Crippen LogP contribution >= 0.6 is 0 Å². The molecule has 1 aliphatic heterocycles. The van der Waals surface area contributed by atoms with Crippen molar-refractivity contribution in [2.24, 2.45) is 4.99 Å². The van der Waals surface area contributed by atoms with E-state index in [1.165, 1.54) is 13.0 Å². The SMILES string of the molecule is Cc1ccc(-n2nc(C)cc2NC(=O)COC(=O)[C@H](C)N=C2NS(=O)(=O)c3ccccc32)cc1. The number of hydrogen-bond acceptors (Lipinski definition) is 7. The van der Waals surface area contributed by atoms with Gasteiger partial charge in [-0.3, -0.25) is 14.5 Å². The number of rotatable bonds is 6. The van der Waals surface area contributed by atoms with Crippen LogP contribution in [0.3, 0.4) is 0 Å². The van der Waals surface area contributed by atoms with E-state index in [2.05, 4.69) is 20.1 Å². The molecule has 0 spiro atoms. The van der Waals surface area contributed by atoms with Crippen LogP contribution in [0.15, 0.2) is 64.5 Å². The number of fused-ring (bicyclic) bond motifs is 1. The van der Waals surface area contributed by atoms with Gasteiger partial charge in [-0.05, 0) is 45.0 Å². The van der Waals surface area contributed by atoms with Crippen molar-refractivity contribution in [3.8, 4) is 5.69 Å². The van der Waals surface area contributed by atoms with E-state index < -0.39 is 34.5 Å². The molecular formula is C23H23N5O5S. The first kappa shape index (κ1) is 23.2. The van der Waals surface area contributed by atoms with Gasteiger partial charge in [-0.1, -0.05) is 29.8 Å². The summed E-state index contributed by atoms with van der Waals surface area (Å²) in [4.78, 5) is 29.0. The van der Waals surface area contributed by atoms with Gasteiger partial charge < -0.3 is 10.1 Å². The lowest BCUT2D eigenvalue weighted by atomic mass is 10.2. The summed E-state index contributed by atoms with van der Waals surface area (Å²) in [6.45, 7) is 4.70. The number of aliphatic imine (C=N–C) groups is 1. The predicted molar refractivity (Wildman–Crippen MR) is 125 cm³/mol. The molecule has 10 nitrogen and oxygen atoms in total. The fourth-order valence-electron chi connectivity index (χ4n) is 3.38. The van der Waals surface area contributed by atoms with E-state index in [0.29, 0.717) is 17.1 Å². The monoisotopic (exact) mass is 481 g/mol. The van der Waals surface area contributed by atoms with Crippen molar-refractivity contribution in [1.82, 2.24) is 14.5 Å². The Hall–Kier alpha value is -3.99. The largest absolute Gasteiger partial charge is 0.454 e. The quantitative estimate of drug-likeness (QED) is 0.518. The second-order valence-corrected chi connectivity index (χ2v) is 9.48. The highest BCUT2D eigenvalue weighted by Gasteiger charge is 2.31. The van der Waals surface area contributed by atoms with Crippen molar-refractivity contribution in [3.05, 3.63) is 71.4 Å². The Morgan fingerprint density at radius 2 is 1.85 bits per heavy atom. The van der Waals surface area contributed by atoms with Gasteiger partial charge in [0.25, 0.3) is 15.9 Å². The number of esters is 1. The number of nitrogens with zero attached hydrogens (tertiary/aromatic N) is 3. The Morgan fingerprint density at radius 3 is 2.59 bits per heavy atom. The number of benzene rings is 2. The van der Waals surface area contributed by atoms with E-state index in [-0.39, 0.29) is 10.7 Å². The van der Waals surface area contributed by atoms with E-state index in [0.717, 1.165) is 11.3 Å². The standard InChI is InChI=1S/C23H23N5O5S/c1-14-8-10-17(11-9-14)28-20(12-15(2)26-28)25-21(29)13-33-23(30)16(3)24-22-18-6-4-5-7-19(18)34(31,32)27-22/h4-12,16H,13H2,1-3H3,(H,24,27)(H,25,29)/t16-/m0/s1. The van der Waals surface area contributed by atoms with E-state index in [9.17, 15) is 18.0 Å². The lowest BCUT2D eigenvalue weighted by Crippen LogP contribution is -2.29. The molecule has 0 aliphatic carbocycles. The molecule has 0 bridgehead atoms. The third kappa shape index (κ3) is 4.84. The number of amides is 1. The van der Waals surface area contributed by atoms with Crippen molar-refractivity contribution < 1.29 is 22.7 Å². The molecule has 2 heterocycles. The number of hydrogen-bond donors (Lipinski definition) is 2. The number of aryl methyl sites for hydroxylation is 2. The molecule has 176 valence electrons. The number of carbonyl (C=O) groups excluding carboxylic acids is 2. The molecule has 11 heteroatoms. The van der Waals surface area contributed by atoms with Crippen molar-refractivity contribution in [2.75, 3.05) is 11.9 Å². The van der Waals surface area contributed by atoms with Crippen LogP contribution in [-0.4, -0.2) is 48.6 Å². The predicted octanol–water partition coefficient (Wildman–Crippen LogP) is 2.10. The smallest absolute Gasteiger partial charge is 0.331 e. The first-order valence-electron chi connectivity index (χ1n) is 10.4. The number of sulfonamides is 1. The number of carbonyl (C=O) groups is 2. The normalized spacial score (nSPS) is 15.9. The van der Waals surface area contributed by atoms with Gasteiger partial charge in [0.05, 0.1) is 16.3 Å². The Bertz CT molecular complexity index is 1390. The Kier molecular flexibility index (Phi) is 6.20. The molecule has 0 radical (unpaired) electrons. The Labute approximate surface area is 196 Å². The maximum absolute atomic E-state index is 12.4. The fraction of sp³-hybridized carbons (Fsp3) is 0.217. The van der Waals surface area contributed by atoms with E-state index in [1.54, 1.807) is 35.9 Å². The third-order valence-corrected chi connectivity index (χ3v) is 6.45. The van der Waals surface area contributed by atoms with E-state index >= 15 is 0 Å². The van der Waals surface area contributed by atoms with Crippen molar-refractivity contribution in [1.29, 1.82) is 0 Å². The Morgan fingerprint density at radius 1 is 1.15 bits per heavy atom. The first-order chi connectivity index (χ1) is 16.1.